The largest absolute Gasteiger partial charge is 0.493 e. The summed E-state index contributed by atoms with van der Waals surface area (Å²) in [5.74, 6) is 30.4. The third kappa shape index (κ3) is 12.5. The molecule has 0 fully saturated rings. The molecule has 9 heterocycles. The fraction of sp³-hybridized carbons (Fsp3) is 0.100. The molecule has 0 radical (unpaired) electrons. The van der Waals surface area contributed by atoms with E-state index in [-0.39, 0.29) is 0 Å². The Labute approximate surface area is 554 Å². The Balaban J connectivity index is 1.19. The van der Waals surface area contributed by atoms with E-state index in [1.54, 1.807) is 106 Å². The van der Waals surface area contributed by atoms with Gasteiger partial charge >= 0.3 is 0 Å². The fourth-order valence-electron chi connectivity index (χ4n) is 11.5. The van der Waals surface area contributed by atoms with Crippen molar-refractivity contribution in [3.05, 3.63) is 238 Å². The first kappa shape index (κ1) is 61.6. The van der Waals surface area contributed by atoms with E-state index in [0.29, 0.717) is 158 Å². The molecule has 2 N–H and O–H groups in total. The molecule has 16 heteroatoms. The minimum atomic E-state index is 0.449. The van der Waals surface area contributed by atoms with Crippen LogP contribution in [0.25, 0.3) is 90.9 Å². The van der Waals surface area contributed by atoms with Crippen molar-refractivity contribution in [1.29, 1.82) is 0 Å². The zero-order chi connectivity index (χ0) is 66.1. The SMILES string of the molecule is COc1cc(-c2c3nc(c(-c4cc(C#Cc5ccncc5)c(OC)c(OC)c4)c4ccc([nH]4)c(-c4cc(C#Cc5ccncc5)c(OC)c(OC)c4)c4nc(c(-c5cc(C#Cc6ccncc6)c(OC)c(OC)c5)c5ccc2[nH]5)C=C4)C=C3)cc(C#Cc2ccncc2)c1OC. The first-order chi connectivity index (χ1) is 47.2. The average molecular weight is 1260 g/mol. The van der Waals surface area contributed by atoms with Crippen molar-refractivity contribution in [1.82, 2.24) is 39.9 Å². The molecule has 13 rings (SSSR count). The highest BCUT2D eigenvalue weighted by atomic mass is 16.5. The molecular weight excluding hydrogens is 1200 g/mol. The third-order valence-corrected chi connectivity index (χ3v) is 15.9. The van der Waals surface area contributed by atoms with Gasteiger partial charge in [0.15, 0.2) is 46.0 Å². The number of aromatic nitrogens is 8. The van der Waals surface area contributed by atoms with E-state index in [4.69, 9.17) is 47.9 Å². The lowest BCUT2D eigenvalue weighted by Crippen LogP contribution is -1.97. The highest BCUT2D eigenvalue weighted by Gasteiger charge is 2.25. The Bertz CT molecular complexity index is 4710. The Kier molecular flexibility index (Phi) is 17.7. The van der Waals surface area contributed by atoms with E-state index < -0.39 is 0 Å². The summed E-state index contributed by atoms with van der Waals surface area (Å²) in [6.45, 7) is 0. The standard InChI is InChI=1S/C80H58N8O8/c1-89-69-45-57(41-53(77(69)93-5)13-9-49-25-33-81-34-26-49)73-61-17-19-63(85-61)74(58-42-54(78(94-6)70(46-58)90-2)14-10-50-27-35-82-36-28-50)65-21-23-67(87-65)76(60-44-56(80(96-8)72(48-60)92-4)16-12-52-31-39-84-40-32-52)68-24-22-66(88-68)75(64-20-18-62(73)86-64)59-43-55(79(95-7)71(47-59)91-3)15-11-51-29-37-83-38-30-51/h17-48,85,88H,1-8H3. The van der Waals surface area contributed by atoms with Gasteiger partial charge in [-0.3, -0.25) is 19.9 Å². The predicted octanol–water partition coefficient (Wildman–Crippen LogP) is 14.6. The number of rotatable bonds is 12. The topological polar surface area (TPSA) is 183 Å². The number of benzene rings is 4. The first-order valence-electron chi connectivity index (χ1n) is 30.1. The summed E-state index contributed by atoms with van der Waals surface area (Å²) in [6, 6.07) is 38.6. The second kappa shape index (κ2) is 27.7. The van der Waals surface area contributed by atoms with Gasteiger partial charge in [0.05, 0.1) is 102 Å². The van der Waals surface area contributed by atoms with Crippen LogP contribution >= 0.6 is 0 Å². The Morgan fingerprint density at radius 1 is 0.260 bits per heavy atom. The normalized spacial score (nSPS) is 10.9. The highest BCUT2D eigenvalue weighted by Crippen LogP contribution is 2.46. The van der Waals surface area contributed by atoms with Crippen LogP contribution in [0.15, 0.2) is 171 Å². The van der Waals surface area contributed by atoms with Crippen molar-refractivity contribution < 1.29 is 37.9 Å². The molecule has 0 saturated carbocycles. The van der Waals surface area contributed by atoms with Crippen LogP contribution in [0, 0.1) is 47.4 Å². The van der Waals surface area contributed by atoms with Crippen LogP contribution in [-0.4, -0.2) is 96.8 Å². The Hall–Kier alpha value is -13.3. The summed E-state index contributed by atoms with van der Waals surface area (Å²) in [5.41, 5.74) is 16.1. The van der Waals surface area contributed by atoms with Crippen LogP contribution in [0.3, 0.4) is 0 Å². The molecule has 0 saturated heterocycles. The van der Waals surface area contributed by atoms with E-state index in [9.17, 15) is 0 Å². The third-order valence-electron chi connectivity index (χ3n) is 15.9. The van der Waals surface area contributed by atoms with Gasteiger partial charge in [0.25, 0.3) is 0 Å². The second-order valence-electron chi connectivity index (χ2n) is 21.5. The van der Waals surface area contributed by atoms with Crippen LogP contribution in [0.4, 0.5) is 0 Å². The van der Waals surface area contributed by atoms with Gasteiger partial charge in [-0.15, -0.1) is 0 Å². The lowest BCUT2D eigenvalue weighted by molar-refractivity contribution is 0.354. The quantitative estimate of drug-likeness (QED) is 0.110. The maximum Gasteiger partial charge on any atom is 0.176 e. The zero-order valence-corrected chi connectivity index (χ0v) is 53.4. The predicted molar refractivity (Wildman–Crippen MR) is 374 cm³/mol. The molecule has 2 aliphatic rings. The van der Waals surface area contributed by atoms with Crippen LogP contribution in [0.5, 0.6) is 46.0 Å². The molecule has 7 aromatic heterocycles. The van der Waals surface area contributed by atoms with Crippen LogP contribution in [0.1, 0.15) is 67.3 Å². The molecule has 11 aromatic rings. The molecule has 0 atom stereocenters. The van der Waals surface area contributed by atoms with Crippen LogP contribution < -0.4 is 37.9 Å². The molecule has 2 aliphatic heterocycles. The van der Waals surface area contributed by atoms with Crippen molar-refractivity contribution in [2.45, 2.75) is 0 Å². The number of fused-ring (bicyclic) bond motifs is 8. The summed E-state index contributed by atoms with van der Waals surface area (Å²) >= 11 is 0. The average Bonchev–Trinajstić information content (AvgIpc) is 1.61. The maximum absolute atomic E-state index is 6.15. The summed E-state index contributed by atoms with van der Waals surface area (Å²) in [4.78, 5) is 35.9. The lowest BCUT2D eigenvalue weighted by Gasteiger charge is -2.14. The van der Waals surface area contributed by atoms with Crippen LogP contribution in [0.2, 0.25) is 0 Å². The molecule has 8 bridgehead atoms. The smallest absolute Gasteiger partial charge is 0.176 e. The van der Waals surface area contributed by atoms with E-state index in [1.807, 2.05) is 146 Å². The summed E-state index contributed by atoms with van der Waals surface area (Å²) < 4.78 is 48.8. The van der Waals surface area contributed by atoms with E-state index in [0.717, 1.165) is 22.3 Å². The molecule has 0 aliphatic carbocycles. The van der Waals surface area contributed by atoms with Crippen LogP contribution in [-0.2, 0) is 0 Å². The second-order valence-corrected chi connectivity index (χ2v) is 21.5. The van der Waals surface area contributed by atoms with E-state index >= 15 is 0 Å². The number of hydrogen-bond acceptors (Lipinski definition) is 14. The number of nitrogens with zero attached hydrogens (tertiary/aromatic N) is 6. The van der Waals surface area contributed by atoms with E-state index in [1.165, 1.54) is 0 Å². The van der Waals surface area contributed by atoms with Gasteiger partial charge in [-0.05, 0) is 168 Å². The minimum absolute atomic E-state index is 0.449. The highest BCUT2D eigenvalue weighted by molar-refractivity contribution is 6.01. The minimum Gasteiger partial charge on any atom is -0.493 e. The van der Waals surface area contributed by atoms with Gasteiger partial charge in [-0.2, -0.15) is 0 Å². The van der Waals surface area contributed by atoms with E-state index in [2.05, 4.69) is 77.3 Å². The van der Waals surface area contributed by atoms with Crippen molar-refractivity contribution >= 4 is 46.4 Å². The van der Waals surface area contributed by atoms with Gasteiger partial charge in [-0.1, -0.05) is 47.4 Å². The number of H-pyrrole nitrogens is 2. The Morgan fingerprint density at radius 3 is 0.677 bits per heavy atom. The number of hydrogen-bond donors (Lipinski definition) is 2. The molecule has 4 aromatic carbocycles. The monoisotopic (exact) mass is 1260 g/mol. The fourth-order valence-corrected chi connectivity index (χ4v) is 11.5. The zero-order valence-electron chi connectivity index (χ0n) is 53.4. The first-order valence-corrected chi connectivity index (χ1v) is 30.1. The summed E-state index contributed by atoms with van der Waals surface area (Å²) in [6.07, 6.45) is 21.6. The van der Waals surface area contributed by atoms with Gasteiger partial charge in [0.1, 0.15) is 0 Å². The number of nitrogens with one attached hydrogen (secondary N) is 2. The summed E-state index contributed by atoms with van der Waals surface area (Å²) in [7, 11) is 12.8. The van der Waals surface area contributed by atoms with Crippen molar-refractivity contribution in [3.8, 4) is 138 Å². The molecule has 16 nitrogen and oxygen atoms in total. The molecular formula is C80H58N8O8. The van der Waals surface area contributed by atoms with Gasteiger partial charge in [0.2, 0.25) is 0 Å². The molecule has 0 amide bonds. The number of aromatic amines is 2. The van der Waals surface area contributed by atoms with Gasteiger partial charge in [-0.25, -0.2) is 9.97 Å². The van der Waals surface area contributed by atoms with Gasteiger partial charge < -0.3 is 47.9 Å². The molecule has 96 heavy (non-hydrogen) atoms. The molecule has 0 unspecified atom stereocenters. The van der Waals surface area contributed by atoms with Crippen molar-refractivity contribution in [3.63, 3.8) is 0 Å². The maximum atomic E-state index is 6.15. The molecule has 466 valence electrons. The lowest BCUT2D eigenvalue weighted by atomic mass is 9.99. The van der Waals surface area contributed by atoms with Crippen molar-refractivity contribution in [2.24, 2.45) is 0 Å². The van der Waals surface area contributed by atoms with Gasteiger partial charge in [0, 0.05) is 116 Å². The number of pyridine rings is 4. The molecule has 0 spiro atoms. The number of methoxy groups -OCH3 is 8. The summed E-state index contributed by atoms with van der Waals surface area (Å²) in [5, 5.41) is 0. The Morgan fingerprint density at radius 2 is 0.479 bits per heavy atom. The number of ether oxygens (including phenoxy) is 8. The van der Waals surface area contributed by atoms with Crippen molar-refractivity contribution in [2.75, 3.05) is 56.9 Å².